The third-order valence-electron chi connectivity index (χ3n) is 5.91. The molecule has 2 aliphatic heterocycles. The Morgan fingerprint density at radius 2 is 2.08 bits per heavy atom. The topological polar surface area (TPSA) is 44.4 Å². The Morgan fingerprint density at radius 3 is 2.83 bits per heavy atom. The Hall–Kier alpha value is -1.39. The summed E-state index contributed by atoms with van der Waals surface area (Å²) in [7, 11) is 2.10. The number of rotatable bonds is 4. The van der Waals surface area contributed by atoms with E-state index in [4.69, 9.17) is 0 Å². The molecule has 1 aromatic carbocycles. The van der Waals surface area contributed by atoms with Gasteiger partial charge in [-0.15, -0.1) is 0 Å². The van der Waals surface area contributed by atoms with Crippen LogP contribution in [0.2, 0.25) is 0 Å². The number of benzene rings is 1. The maximum absolute atomic E-state index is 12.7. The summed E-state index contributed by atoms with van der Waals surface area (Å²) in [4.78, 5) is 14.9. The van der Waals surface area contributed by atoms with Gasteiger partial charge in [0.2, 0.25) is 5.91 Å². The molecule has 0 aromatic heterocycles. The van der Waals surface area contributed by atoms with Crippen molar-refractivity contribution in [1.82, 2.24) is 15.5 Å². The van der Waals surface area contributed by atoms with Crippen molar-refractivity contribution in [2.45, 2.75) is 45.6 Å². The van der Waals surface area contributed by atoms with E-state index < -0.39 is 0 Å². The first-order valence-electron chi connectivity index (χ1n) is 9.24. The molecule has 0 aliphatic carbocycles. The van der Waals surface area contributed by atoms with Gasteiger partial charge in [0, 0.05) is 13.1 Å². The molecule has 0 bridgehead atoms. The lowest BCUT2D eigenvalue weighted by Crippen LogP contribution is -2.42. The molecule has 1 spiro atoms. The van der Waals surface area contributed by atoms with Gasteiger partial charge in [0.05, 0.1) is 6.04 Å². The summed E-state index contributed by atoms with van der Waals surface area (Å²) in [5, 5.41) is 6.61. The molecule has 1 amide bonds. The van der Waals surface area contributed by atoms with Crippen molar-refractivity contribution < 1.29 is 4.79 Å². The Balaban J connectivity index is 1.52. The van der Waals surface area contributed by atoms with Crippen LogP contribution in [0.15, 0.2) is 18.2 Å². The van der Waals surface area contributed by atoms with Crippen LogP contribution in [0, 0.1) is 19.3 Å². The Morgan fingerprint density at radius 1 is 1.33 bits per heavy atom. The molecule has 0 unspecified atom stereocenters. The van der Waals surface area contributed by atoms with Crippen molar-refractivity contribution in [2.24, 2.45) is 5.41 Å². The predicted octanol–water partition coefficient (Wildman–Crippen LogP) is 2.04. The minimum absolute atomic E-state index is 0.0432. The smallest absolute Gasteiger partial charge is 0.237 e. The van der Waals surface area contributed by atoms with Crippen molar-refractivity contribution >= 4 is 5.91 Å². The second-order valence-corrected chi connectivity index (χ2v) is 7.86. The number of piperidine rings is 1. The zero-order valence-electron chi connectivity index (χ0n) is 15.3. The van der Waals surface area contributed by atoms with Crippen molar-refractivity contribution in [3.63, 3.8) is 0 Å². The van der Waals surface area contributed by atoms with Crippen LogP contribution in [-0.4, -0.2) is 50.1 Å². The number of nitrogens with zero attached hydrogens (tertiary/aromatic N) is 1. The van der Waals surface area contributed by atoms with Crippen LogP contribution < -0.4 is 10.6 Å². The van der Waals surface area contributed by atoms with Crippen LogP contribution in [0.3, 0.4) is 0 Å². The highest BCUT2D eigenvalue weighted by molar-refractivity contribution is 5.82. The summed E-state index contributed by atoms with van der Waals surface area (Å²) >= 11 is 0. The summed E-state index contributed by atoms with van der Waals surface area (Å²) in [6, 6.07) is 6.58. The Labute approximate surface area is 146 Å². The van der Waals surface area contributed by atoms with Crippen molar-refractivity contribution in [1.29, 1.82) is 0 Å². The monoisotopic (exact) mass is 329 g/mol. The standard InChI is InChI=1S/C20H31N3O/c1-15-4-5-16(2)17(12-15)6-9-22-19(24)18-13-20(14-23(18)3)7-10-21-11-8-20/h4-5,12,18,21H,6-11,13-14H2,1-3H3,(H,22,24)/t18-/m1/s1. The van der Waals surface area contributed by atoms with Crippen LogP contribution in [0.25, 0.3) is 0 Å². The molecule has 2 aliphatic rings. The molecule has 2 heterocycles. The van der Waals surface area contributed by atoms with Gasteiger partial charge in [-0.1, -0.05) is 23.8 Å². The van der Waals surface area contributed by atoms with E-state index in [2.05, 4.69) is 54.6 Å². The minimum Gasteiger partial charge on any atom is -0.354 e. The quantitative estimate of drug-likeness (QED) is 0.888. The molecule has 132 valence electrons. The lowest BCUT2D eigenvalue weighted by molar-refractivity contribution is -0.125. The number of carbonyl (C=O) groups excluding carboxylic acids is 1. The number of nitrogens with one attached hydrogen (secondary N) is 2. The number of aryl methyl sites for hydroxylation is 2. The fourth-order valence-corrected chi connectivity index (χ4v) is 4.39. The number of likely N-dealkylation sites (N-methyl/N-ethyl adjacent to an activating group) is 1. The van der Waals surface area contributed by atoms with E-state index in [1.54, 1.807) is 0 Å². The van der Waals surface area contributed by atoms with Gasteiger partial charge < -0.3 is 10.6 Å². The second kappa shape index (κ2) is 7.24. The highest BCUT2D eigenvalue weighted by atomic mass is 16.2. The summed E-state index contributed by atoms with van der Waals surface area (Å²) in [5.41, 5.74) is 4.28. The maximum atomic E-state index is 12.7. The summed E-state index contributed by atoms with van der Waals surface area (Å²) in [6.07, 6.45) is 4.32. The van der Waals surface area contributed by atoms with Gasteiger partial charge in [-0.05, 0) is 76.2 Å². The summed E-state index contributed by atoms with van der Waals surface area (Å²) < 4.78 is 0. The third-order valence-corrected chi connectivity index (χ3v) is 5.91. The molecule has 3 rings (SSSR count). The molecular weight excluding hydrogens is 298 g/mol. The normalized spacial score (nSPS) is 23.5. The van der Waals surface area contributed by atoms with E-state index in [0.717, 1.165) is 39.0 Å². The van der Waals surface area contributed by atoms with Gasteiger partial charge in [-0.3, -0.25) is 9.69 Å². The van der Waals surface area contributed by atoms with Gasteiger partial charge in [0.1, 0.15) is 0 Å². The fourth-order valence-electron chi connectivity index (χ4n) is 4.39. The van der Waals surface area contributed by atoms with Gasteiger partial charge in [0.15, 0.2) is 0 Å². The van der Waals surface area contributed by atoms with Gasteiger partial charge in [0.25, 0.3) is 0 Å². The van der Waals surface area contributed by atoms with Crippen LogP contribution in [0.4, 0.5) is 0 Å². The number of hydrogen-bond donors (Lipinski definition) is 2. The average molecular weight is 329 g/mol. The van der Waals surface area contributed by atoms with Crippen LogP contribution in [0.5, 0.6) is 0 Å². The van der Waals surface area contributed by atoms with E-state index in [1.165, 1.54) is 29.5 Å². The largest absolute Gasteiger partial charge is 0.354 e. The molecule has 2 fully saturated rings. The number of likely N-dealkylation sites (tertiary alicyclic amines) is 1. The molecule has 1 aromatic rings. The third kappa shape index (κ3) is 3.81. The first-order valence-corrected chi connectivity index (χ1v) is 9.24. The minimum atomic E-state index is 0.0432. The zero-order valence-corrected chi connectivity index (χ0v) is 15.3. The van der Waals surface area contributed by atoms with E-state index >= 15 is 0 Å². The van der Waals surface area contributed by atoms with E-state index in [-0.39, 0.29) is 11.9 Å². The van der Waals surface area contributed by atoms with E-state index in [9.17, 15) is 4.79 Å². The highest BCUT2D eigenvalue weighted by Gasteiger charge is 2.45. The Bertz CT molecular complexity index is 593. The van der Waals surface area contributed by atoms with E-state index in [0.29, 0.717) is 5.41 Å². The van der Waals surface area contributed by atoms with Crippen LogP contribution in [-0.2, 0) is 11.2 Å². The van der Waals surface area contributed by atoms with Gasteiger partial charge in [-0.25, -0.2) is 0 Å². The summed E-state index contributed by atoms with van der Waals surface area (Å²) in [5.74, 6) is 0.207. The molecule has 1 atom stereocenters. The number of hydrogen-bond acceptors (Lipinski definition) is 3. The molecule has 0 radical (unpaired) electrons. The molecule has 2 saturated heterocycles. The van der Waals surface area contributed by atoms with Gasteiger partial charge in [-0.2, -0.15) is 0 Å². The zero-order chi connectivity index (χ0) is 17.2. The van der Waals surface area contributed by atoms with Crippen LogP contribution in [0.1, 0.15) is 36.0 Å². The lowest BCUT2D eigenvalue weighted by Gasteiger charge is -2.33. The molecule has 0 saturated carbocycles. The molecule has 24 heavy (non-hydrogen) atoms. The number of amides is 1. The van der Waals surface area contributed by atoms with Crippen molar-refractivity contribution in [3.8, 4) is 0 Å². The number of carbonyl (C=O) groups is 1. The fraction of sp³-hybridized carbons (Fsp3) is 0.650. The summed E-state index contributed by atoms with van der Waals surface area (Å²) in [6.45, 7) is 8.23. The first-order chi connectivity index (χ1) is 11.5. The first kappa shape index (κ1) is 17.4. The molecule has 2 N–H and O–H groups in total. The van der Waals surface area contributed by atoms with Gasteiger partial charge >= 0.3 is 0 Å². The van der Waals surface area contributed by atoms with Crippen molar-refractivity contribution in [2.75, 3.05) is 33.2 Å². The maximum Gasteiger partial charge on any atom is 0.237 e. The highest BCUT2D eigenvalue weighted by Crippen LogP contribution is 2.41. The van der Waals surface area contributed by atoms with Crippen molar-refractivity contribution in [3.05, 3.63) is 34.9 Å². The average Bonchev–Trinajstić information content (AvgIpc) is 2.87. The molecule has 4 nitrogen and oxygen atoms in total. The molecule has 4 heteroatoms. The lowest BCUT2D eigenvalue weighted by atomic mass is 9.77. The predicted molar refractivity (Wildman–Crippen MR) is 98.2 cm³/mol. The molecular formula is C20H31N3O. The SMILES string of the molecule is Cc1ccc(C)c(CCNC(=O)[C@H]2CC3(CCNCC3)CN2C)c1. The van der Waals surface area contributed by atoms with E-state index in [1.807, 2.05) is 0 Å². The second-order valence-electron chi connectivity index (χ2n) is 7.86. The Kier molecular flexibility index (Phi) is 5.26. The van der Waals surface area contributed by atoms with Crippen LogP contribution >= 0.6 is 0 Å².